The van der Waals surface area contributed by atoms with Crippen molar-refractivity contribution in [2.24, 2.45) is 0 Å². The molecule has 1 aromatic carbocycles. The molecule has 0 spiro atoms. The topological polar surface area (TPSA) is 54.9 Å². The quantitative estimate of drug-likeness (QED) is 0.915. The summed E-state index contributed by atoms with van der Waals surface area (Å²) in [5.74, 6) is -0.527. The smallest absolute Gasteiger partial charge is 0.296 e. The van der Waals surface area contributed by atoms with Crippen LogP contribution >= 0.6 is 11.3 Å². The summed E-state index contributed by atoms with van der Waals surface area (Å²) in [6, 6.07) is 3.93. The lowest BCUT2D eigenvalue weighted by Crippen LogP contribution is -2.12. The molecule has 0 saturated carbocycles. The minimum atomic E-state index is -4.41. The molecule has 0 unspecified atom stereocenters. The van der Waals surface area contributed by atoms with E-state index in [1.165, 1.54) is 5.51 Å². The van der Waals surface area contributed by atoms with Crippen molar-refractivity contribution in [2.75, 3.05) is 5.32 Å². The van der Waals surface area contributed by atoms with E-state index in [1.807, 2.05) is 0 Å². The van der Waals surface area contributed by atoms with E-state index in [9.17, 15) is 18.0 Å². The van der Waals surface area contributed by atoms with Crippen molar-refractivity contribution < 1.29 is 18.0 Å². The number of amides is 1. The zero-order valence-electron chi connectivity index (χ0n) is 8.73. The summed E-state index contributed by atoms with van der Waals surface area (Å²) in [7, 11) is 0. The van der Waals surface area contributed by atoms with Crippen LogP contribution < -0.4 is 5.32 Å². The van der Waals surface area contributed by atoms with Crippen molar-refractivity contribution in [3.05, 3.63) is 40.9 Å². The minimum Gasteiger partial charge on any atom is -0.296 e. The lowest BCUT2D eigenvalue weighted by atomic mass is 10.1. The third kappa shape index (κ3) is 2.83. The van der Waals surface area contributed by atoms with Gasteiger partial charge < -0.3 is 0 Å². The number of hydrogen-bond donors (Lipinski definition) is 1. The van der Waals surface area contributed by atoms with Crippen LogP contribution in [-0.2, 0) is 6.18 Å². The van der Waals surface area contributed by atoms with Crippen LogP contribution in [0.4, 0.5) is 18.3 Å². The molecule has 0 fully saturated rings. The second-order valence-electron chi connectivity index (χ2n) is 3.27. The van der Waals surface area contributed by atoms with E-state index in [1.54, 1.807) is 0 Å². The van der Waals surface area contributed by atoms with Crippen LogP contribution in [0.25, 0.3) is 0 Å². The summed E-state index contributed by atoms with van der Waals surface area (Å²) in [5, 5.41) is 9.83. The second kappa shape index (κ2) is 4.73. The Morgan fingerprint density at radius 1 is 1.22 bits per heavy atom. The molecule has 0 bridgehead atoms. The first-order chi connectivity index (χ1) is 8.47. The molecule has 0 aliphatic heterocycles. The highest BCUT2D eigenvalue weighted by Gasteiger charge is 2.30. The Hall–Kier alpha value is -1.96. The van der Waals surface area contributed by atoms with Gasteiger partial charge in [0.05, 0.1) is 5.56 Å². The van der Waals surface area contributed by atoms with Gasteiger partial charge in [0.25, 0.3) is 5.91 Å². The van der Waals surface area contributed by atoms with Gasteiger partial charge in [-0.05, 0) is 24.3 Å². The normalized spacial score (nSPS) is 11.3. The van der Waals surface area contributed by atoms with E-state index in [0.29, 0.717) is 5.13 Å². The van der Waals surface area contributed by atoms with Gasteiger partial charge in [-0.3, -0.25) is 10.1 Å². The van der Waals surface area contributed by atoms with E-state index in [0.717, 1.165) is 35.6 Å². The fourth-order valence-corrected chi connectivity index (χ4v) is 1.65. The first-order valence-corrected chi connectivity index (χ1v) is 5.59. The third-order valence-corrected chi connectivity index (χ3v) is 2.66. The summed E-state index contributed by atoms with van der Waals surface area (Å²) in [6.07, 6.45) is -4.41. The Morgan fingerprint density at radius 3 is 2.39 bits per heavy atom. The summed E-state index contributed by atoms with van der Waals surface area (Å²) < 4.78 is 36.9. The Morgan fingerprint density at radius 2 is 1.89 bits per heavy atom. The van der Waals surface area contributed by atoms with E-state index in [4.69, 9.17) is 0 Å². The van der Waals surface area contributed by atoms with Crippen molar-refractivity contribution >= 4 is 22.4 Å². The summed E-state index contributed by atoms with van der Waals surface area (Å²) in [5.41, 5.74) is 0.760. The summed E-state index contributed by atoms with van der Waals surface area (Å²) in [6.45, 7) is 0. The number of hydrogen-bond acceptors (Lipinski definition) is 4. The summed E-state index contributed by atoms with van der Waals surface area (Å²) in [4.78, 5) is 11.6. The molecular weight excluding hydrogens is 267 g/mol. The molecule has 0 aliphatic rings. The van der Waals surface area contributed by atoms with Crippen molar-refractivity contribution in [2.45, 2.75) is 6.18 Å². The van der Waals surface area contributed by atoms with Gasteiger partial charge in [-0.15, -0.1) is 10.2 Å². The number of anilines is 1. The van der Waals surface area contributed by atoms with Gasteiger partial charge in [-0.1, -0.05) is 11.3 Å². The molecule has 0 saturated heterocycles. The Balaban J connectivity index is 2.12. The molecule has 2 rings (SSSR count). The Kier molecular flexibility index (Phi) is 3.28. The van der Waals surface area contributed by atoms with Crippen LogP contribution in [0.5, 0.6) is 0 Å². The van der Waals surface area contributed by atoms with Gasteiger partial charge >= 0.3 is 6.18 Å². The number of rotatable bonds is 2. The standard InChI is InChI=1S/C10H6F3N3OS/c11-10(12,13)7-3-1-6(2-4-7)8(17)15-9-16-14-5-18-9/h1-5H,(H,15,16,17). The largest absolute Gasteiger partial charge is 0.416 e. The molecule has 1 amide bonds. The fraction of sp³-hybridized carbons (Fsp3) is 0.100. The van der Waals surface area contributed by atoms with Crippen molar-refractivity contribution in [3.8, 4) is 0 Å². The maximum absolute atomic E-state index is 12.3. The number of aromatic nitrogens is 2. The molecule has 0 aliphatic carbocycles. The summed E-state index contributed by atoms with van der Waals surface area (Å²) >= 11 is 1.12. The number of carbonyl (C=O) groups excluding carboxylic acids is 1. The van der Waals surface area contributed by atoms with Crippen LogP contribution in [0, 0.1) is 0 Å². The molecule has 0 atom stereocenters. The molecule has 1 heterocycles. The molecule has 1 N–H and O–H groups in total. The van der Waals surface area contributed by atoms with Crippen LogP contribution in [0.15, 0.2) is 29.8 Å². The predicted molar refractivity (Wildman–Crippen MR) is 59.3 cm³/mol. The maximum Gasteiger partial charge on any atom is 0.416 e. The highest BCUT2D eigenvalue weighted by atomic mass is 32.1. The van der Waals surface area contributed by atoms with Gasteiger partial charge in [0.2, 0.25) is 5.13 Å². The lowest BCUT2D eigenvalue weighted by Gasteiger charge is -2.07. The van der Waals surface area contributed by atoms with Crippen LogP contribution in [0.3, 0.4) is 0 Å². The average molecular weight is 273 g/mol. The van der Waals surface area contributed by atoms with Gasteiger partial charge in [-0.25, -0.2) is 0 Å². The highest BCUT2D eigenvalue weighted by Crippen LogP contribution is 2.29. The molecule has 18 heavy (non-hydrogen) atoms. The zero-order chi connectivity index (χ0) is 13.2. The Labute approximate surface area is 103 Å². The van der Waals surface area contributed by atoms with Crippen molar-refractivity contribution in [3.63, 3.8) is 0 Å². The van der Waals surface area contributed by atoms with Gasteiger partial charge in [0.15, 0.2) is 0 Å². The van der Waals surface area contributed by atoms with Crippen molar-refractivity contribution in [1.82, 2.24) is 10.2 Å². The number of alkyl halides is 3. The number of benzene rings is 1. The second-order valence-corrected chi connectivity index (χ2v) is 4.11. The Bertz CT molecular complexity index is 536. The fourth-order valence-electron chi connectivity index (χ4n) is 1.21. The van der Waals surface area contributed by atoms with Gasteiger partial charge in [-0.2, -0.15) is 13.2 Å². The molecule has 8 heteroatoms. The van der Waals surface area contributed by atoms with Crippen molar-refractivity contribution in [1.29, 1.82) is 0 Å². The third-order valence-electron chi connectivity index (χ3n) is 2.05. The SMILES string of the molecule is O=C(Nc1nncs1)c1ccc(C(F)(F)F)cc1. The molecular formula is C10H6F3N3OS. The maximum atomic E-state index is 12.3. The first-order valence-electron chi connectivity index (χ1n) is 4.71. The van der Waals surface area contributed by atoms with Crippen LogP contribution in [0.1, 0.15) is 15.9 Å². The van der Waals surface area contributed by atoms with Gasteiger partial charge in [0.1, 0.15) is 5.51 Å². The first kappa shape index (κ1) is 12.5. The molecule has 94 valence electrons. The molecule has 4 nitrogen and oxygen atoms in total. The highest BCUT2D eigenvalue weighted by molar-refractivity contribution is 7.13. The number of nitrogens with zero attached hydrogens (tertiary/aromatic N) is 2. The predicted octanol–water partition coefficient (Wildman–Crippen LogP) is 2.81. The number of nitrogens with one attached hydrogen (secondary N) is 1. The van der Waals surface area contributed by atoms with E-state index in [-0.39, 0.29) is 5.56 Å². The van der Waals surface area contributed by atoms with Gasteiger partial charge in [0, 0.05) is 5.56 Å². The minimum absolute atomic E-state index is 0.123. The van der Waals surface area contributed by atoms with E-state index < -0.39 is 17.6 Å². The van der Waals surface area contributed by atoms with Crippen LogP contribution in [-0.4, -0.2) is 16.1 Å². The molecule has 2 aromatic rings. The van der Waals surface area contributed by atoms with E-state index in [2.05, 4.69) is 15.5 Å². The monoisotopic (exact) mass is 273 g/mol. The molecule has 1 aromatic heterocycles. The number of carbonyl (C=O) groups is 1. The number of halogens is 3. The van der Waals surface area contributed by atoms with Crippen LogP contribution in [0.2, 0.25) is 0 Å². The zero-order valence-corrected chi connectivity index (χ0v) is 9.55. The average Bonchev–Trinajstić information content (AvgIpc) is 2.81. The van der Waals surface area contributed by atoms with E-state index >= 15 is 0 Å². The molecule has 0 radical (unpaired) electrons. The lowest BCUT2D eigenvalue weighted by molar-refractivity contribution is -0.137.